The van der Waals surface area contributed by atoms with E-state index in [2.05, 4.69) is 36.6 Å². The molecule has 138 valence electrons. The zero-order valence-electron chi connectivity index (χ0n) is 15.6. The van der Waals surface area contributed by atoms with Crippen LogP contribution in [0.4, 0.5) is 5.69 Å². The number of carbonyl (C=O) groups is 1. The monoisotopic (exact) mass is 388 g/mol. The fourth-order valence-corrected chi connectivity index (χ4v) is 3.05. The van der Waals surface area contributed by atoms with E-state index in [-0.39, 0.29) is 16.9 Å². The van der Waals surface area contributed by atoms with Gasteiger partial charge in [-0.1, -0.05) is 55.8 Å². The van der Waals surface area contributed by atoms with Crippen LogP contribution in [0, 0.1) is 12.8 Å². The van der Waals surface area contributed by atoms with Crippen molar-refractivity contribution in [3.63, 3.8) is 0 Å². The minimum absolute atomic E-state index is 0.140. The second-order valence-corrected chi connectivity index (χ2v) is 7.81. The van der Waals surface area contributed by atoms with Crippen LogP contribution in [0.2, 0.25) is 5.02 Å². The van der Waals surface area contributed by atoms with Crippen LogP contribution < -0.4 is 10.6 Å². The SMILES string of the molecule is Cc1ccc(Cl)cc1NC(=S)NC(=O)C(C)c1ccc(CC(C)C)cc1. The molecule has 1 unspecified atom stereocenters. The van der Waals surface area contributed by atoms with Gasteiger partial charge < -0.3 is 10.6 Å². The zero-order chi connectivity index (χ0) is 19.3. The van der Waals surface area contributed by atoms with Gasteiger partial charge in [-0.3, -0.25) is 4.79 Å². The average molecular weight is 389 g/mol. The molecule has 0 bridgehead atoms. The Morgan fingerprint density at radius 2 is 1.77 bits per heavy atom. The van der Waals surface area contributed by atoms with Crippen LogP contribution in [-0.2, 0) is 11.2 Å². The van der Waals surface area contributed by atoms with Crippen LogP contribution in [0.15, 0.2) is 42.5 Å². The van der Waals surface area contributed by atoms with E-state index < -0.39 is 0 Å². The first kappa shape index (κ1) is 20.4. The Bertz CT molecular complexity index is 787. The van der Waals surface area contributed by atoms with Crippen LogP contribution in [-0.4, -0.2) is 11.0 Å². The Kier molecular flexibility index (Phi) is 7.18. The van der Waals surface area contributed by atoms with E-state index >= 15 is 0 Å². The molecule has 0 aliphatic heterocycles. The summed E-state index contributed by atoms with van der Waals surface area (Å²) in [6, 6.07) is 13.7. The topological polar surface area (TPSA) is 41.1 Å². The van der Waals surface area contributed by atoms with Gasteiger partial charge in [0, 0.05) is 10.7 Å². The summed E-state index contributed by atoms with van der Waals surface area (Å²) < 4.78 is 0. The Morgan fingerprint density at radius 3 is 2.38 bits per heavy atom. The van der Waals surface area contributed by atoms with Crippen LogP contribution in [0.25, 0.3) is 0 Å². The number of amides is 1. The lowest BCUT2D eigenvalue weighted by molar-refractivity contribution is -0.120. The molecule has 0 fully saturated rings. The lowest BCUT2D eigenvalue weighted by atomic mass is 9.96. The molecule has 1 amide bonds. The minimum atomic E-state index is -0.289. The molecule has 2 rings (SSSR count). The van der Waals surface area contributed by atoms with Crippen LogP contribution >= 0.6 is 23.8 Å². The molecule has 2 aromatic rings. The van der Waals surface area contributed by atoms with Gasteiger partial charge in [-0.25, -0.2) is 0 Å². The number of carbonyl (C=O) groups excluding carboxylic acids is 1. The van der Waals surface area contributed by atoms with Gasteiger partial charge >= 0.3 is 0 Å². The average Bonchev–Trinajstić information content (AvgIpc) is 2.57. The van der Waals surface area contributed by atoms with Crippen molar-refractivity contribution < 1.29 is 4.79 Å². The number of anilines is 1. The number of nitrogens with one attached hydrogen (secondary N) is 2. The molecular formula is C21H25ClN2OS. The maximum absolute atomic E-state index is 12.5. The Morgan fingerprint density at radius 1 is 1.12 bits per heavy atom. The summed E-state index contributed by atoms with van der Waals surface area (Å²) in [7, 11) is 0. The normalized spacial score (nSPS) is 11.9. The van der Waals surface area contributed by atoms with E-state index in [4.69, 9.17) is 23.8 Å². The summed E-state index contributed by atoms with van der Waals surface area (Å²) in [6.07, 6.45) is 1.04. The van der Waals surface area contributed by atoms with Gasteiger partial charge in [-0.15, -0.1) is 0 Å². The molecule has 1 atom stereocenters. The van der Waals surface area contributed by atoms with Crippen molar-refractivity contribution in [2.45, 2.75) is 40.0 Å². The third-order valence-corrected chi connectivity index (χ3v) is 4.64. The number of rotatable bonds is 5. The Labute approximate surface area is 166 Å². The standard InChI is InChI=1S/C21H25ClN2OS/c1-13(2)11-16-6-8-17(9-7-16)15(4)20(25)24-21(26)23-19-12-18(22)10-5-14(19)3/h5-10,12-13,15H,11H2,1-4H3,(H2,23,24,25,26). The molecule has 0 radical (unpaired) electrons. The van der Waals surface area contributed by atoms with Crippen molar-refractivity contribution in [3.8, 4) is 0 Å². The van der Waals surface area contributed by atoms with Gasteiger partial charge in [0.2, 0.25) is 5.91 Å². The first-order valence-electron chi connectivity index (χ1n) is 8.73. The number of aryl methyl sites for hydroxylation is 1. The second kappa shape index (κ2) is 9.15. The summed E-state index contributed by atoms with van der Waals surface area (Å²) >= 11 is 11.3. The fraction of sp³-hybridized carbons (Fsp3) is 0.333. The highest BCUT2D eigenvalue weighted by molar-refractivity contribution is 7.80. The molecule has 0 saturated heterocycles. The number of hydrogen-bond donors (Lipinski definition) is 2. The van der Waals surface area contributed by atoms with Gasteiger partial charge in [0.25, 0.3) is 0 Å². The van der Waals surface area contributed by atoms with E-state index in [1.54, 1.807) is 6.07 Å². The number of halogens is 1. The van der Waals surface area contributed by atoms with Crippen LogP contribution in [0.5, 0.6) is 0 Å². The lowest BCUT2D eigenvalue weighted by Gasteiger charge is -2.16. The number of benzene rings is 2. The molecule has 0 aliphatic rings. The van der Waals surface area contributed by atoms with E-state index in [9.17, 15) is 4.79 Å². The molecule has 3 nitrogen and oxygen atoms in total. The predicted molar refractivity (Wildman–Crippen MR) is 114 cm³/mol. The molecule has 0 spiro atoms. The third kappa shape index (κ3) is 5.82. The van der Waals surface area contributed by atoms with Crippen molar-refractivity contribution >= 4 is 40.5 Å². The maximum Gasteiger partial charge on any atom is 0.233 e. The number of thiocarbonyl (C=S) groups is 1. The fourth-order valence-electron chi connectivity index (χ4n) is 2.67. The molecular weight excluding hydrogens is 364 g/mol. The van der Waals surface area contributed by atoms with Gasteiger partial charge in [-0.2, -0.15) is 0 Å². The van der Waals surface area contributed by atoms with E-state index in [0.29, 0.717) is 10.9 Å². The van der Waals surface area contributed by atoms with Crippen molar-refractivity contribution in [2.24, 2.45) is 5.92 Å². The highest BCUT2D eigenvalue weighted by atomic mass is 35.5. The van der Waals surface area contributed by atoms with Gasteiger partial charge in [0.05, 0.1) is 5.92 Å². The molecule has 0 saturated carbocycles. The van der Waals surface area contributed by atoms with E-state index in [0.717, 1.165) is 23.2 Å². The molecule has 26 heavy (non-hydrogen) atoms. The summed E-state index contributed by atoms with van der Waals surface area (Å²) in [4.78, 5) is 12.5. The van der Waals surface area contributed by atoms with E-state index in [1.165, 1.54) is 5.56 Å². The molecule has 5 heteroatoms. The number of hydrogen-bond acceptors (Lipinski definition) is 2. The first-order chi connectivity index (χ1) is 12.3. The van der Waals surface area contributed by atoms with Crippen molar-refractivity contribution in [1.82, 2.24) is 5.32 Å². The van der Waals surface area contributed by atoms with Crippen molar-refractivity contribution in [2.75, 3.05) is 5.32 Å². The predicted octanol–water partition coefficient (Wildman–Crippen LogP) is 5.46. The molecule has 2 N–H and O–H groups in total. The third-order valence-electron chi connectivity index (χ3n) is 4.20. The Hall–Kier alpha value is -1.91. The Balaban J connectivity index is 1.97. The molecule has 2 aromatic carbocycles. The van der Waals surface area contributed by atoms with Crippen molar-refractivity contribution in [1.29, 1.82) is 0 Å². The highest BCUT2D eigenvalue weighted by Gasteiger charge is 2.17. The zero-order valence-corrected chi connectivity index (χ0v) is 17.2. The highest BCUT2D eigenvalue weighted by Crippen LogP contribution is 2.21. The quantitative estimate of drug-likeness (QED) is 0.668. The van der Waals surface area contributed by atoms with Crippen molar-refractivity contribution in [3.05, 3.63) is 64.2 Å². The minimum Gasteiger partial charge on any atom is -0.332 e. The van der Waals surface area contributed by atoms with E-state index in [1.807, 2.05) is 38.1 Å². The molecule has 0 aromatic heterocycles. The van der Waals surface area contributed by atoms with Gasteiger partial charge in [-0.05, 0) is 67.2 Å². The van der Waals surface area contributed by atoms with Gasteiger partial charge in [0.1, 0.15) is 0 Å². The first-order valence-corrected chi connectivity index (χ1v) is 9.51. The lowest BCUT2D eigenvalue weighted by Crippen LogP contribution is -2.36. The summed E-state index contributed by atoms with van der Waals surface area (Å²) in [5.41, 5.74) is 4.04. The van der Waals surface area contributed by atoms with Crippen LogP contribution in [0.1, 0.15) is 43.4 Å². The molecule has 0 aliphatic carbocycles. The summed E-state index contributed by atoms with van der Waals surface area (Å²) in [5.74, 6) is 0.182. The summed E-state index contributed by atoms with van der Waals surface area (Å²) in [5, 5.41) is 6.67. The smallest absolute Gasteiger partial charge is 0.233 e. The van der Waals surface area contributed by atoms with Crippen LogP contribution in [0.3, 0.4) is 0 Å². The largest absolute Gasteiger partial charge is 0.332 e. The second-order valence-electron chi connectivity index (χ2n) is 6.96. The van der Waals surface area contributed by atoms with Gasteiger partial charge in [0.15, 0.2) is 5.11 Å². The maximum atomic E-state index is 12.5. The summed E-state index contributed by atoms with van der Waals surface area (Å²) in [6.45, 7) is 8.21. The molecule has 0 heterocycles.